The smallest absolute Gasteiger partial charge is 0.233 e. The molecule has 0 saturated carbocycles. The van der Waals surface area contributed by atoms with Crippen molar-refractivity contribution in [3.63, 3.8) is 0 Å². The maximum atomic E-state index is 13.2. The lowest BCUT2D eigenvalue weighted by molar-refractivity contribution is -0.140. The van der Waals surface area contributed by atoms with Gasteiger partial charge in [0.05, 0.1) is 5.41 Å². The summed E-state index contributed by atoms with van der Waals surface area (Å²) in [4.78, 5) is 15.1. The second-order valence-corrected chi connectivity index (χ2v) is 6.36. The Morgan fingerprint density at radius 2 is 1.91 bits per heavy atom. The van der Waals surface area contributed by atoms with Crippen molar-refractivity contribution in [2.75, 3.05) is 26.3 Å². The average molecular weight is 325 g/mol. The Hall–Kier alpha value is -1.10. The van der Waals surface area contributed by atoms with Crippen LogP contribution in [0.15, 0.2) is 24.3 Å². The minimum absolute atomic E-state index is 0. The zero-order valence-corrected chi connectivity index (χ0v) is 13.9. The van der Waals surface area contributed by atoms with Crippen LogP contribution in [0.4, 0.5) is 0 Å². The largest absolute Gasteiger partial charge is 0.381 e. The first kappa shape index (κ1) is 17.3. The molecule has 2 aliphatic heterocycles. The van der Waals surface area contributed by atoms with Crippen LogP contribution in [0, 0.1) is 6.92 Å². The number of hydrogen-bond acceptors (Lipinski definition) is 3. The Bertz CT molecular complexity index is 512. The molecular weight excluding hydrogens is 300 g/mol. The summed E-state index contributed by atoms with van der Waals surface area (Å²) in [6.07, 6.45) is 2.44. The number of benzene rings is 1. The summed E-state index contributed by atoms with van der Waals surface area (Å²) in [5.41, 5.74) is 7.90. The van der Waals surface area contributed by atoms with E-state index in [0.29, 0.717) is 19.8 Å². The van der Waals surface area contributed by atoms with E-state index in [-0.39, 0.29) is 24.4 Å². The minimum atomic E-state index is -0.421. The molecule has 4 nitrogen and oxygen atoms in total. The van der Waals surface area contributed by atoms with Crippen LogP contribution in [-0.4, -0.2) is 43.2 Å². The molecule has 0 radical (unpaired) electrons. The van der Waals surface area contributed by atoms with Crippen molar-refractivity contribution in [3.05, 3.63) is 35.4 Å². The zero-order chi connectivity index (χ0) is 14.9. The van der Waals surface area contributed by atoms with Crippen molar-refractivity contribution < 1.29 is 9.53 Å². The number of amides is 1. The number of halogens is 1. The lowest BCUT2D eigenvalue weighted by Gasteiger charge is -2.39. The first-order valence-electron chi connectivity index (χ1n) is 7.82. The second kappa shape index (κ2) is 6.99. The van der Waals surface area contributed by atoms with Crippen LogP contribution < -0.4 is 5.73 Å². The monoisotopic (exact) mass is 324 g/mol. The topological polar surface area (TPSA) is 55.6 Å². The third-order valence-corrected chi connectivity index (χ3v) is 4.87. The Morgan fingerprint density at radius 1 is 1.27 bits per heavy atom. The van der Waals surface area contributed by atoms with Crippen LogP contribution in [0.5, 0.6) is 0 Å². The Morgan fingerprint density at radius 3 is 2.45 bits per heavy atom. The van der Waals surface area contributed by atoms with Gasteiger partial charge < -0.3 is 15.4 Å². The van der Waals surface area contributed by atoms with Crippen molar-refractivity contribution >= 4 is 18.3 Å². The molecule has 1 atom stereocenters. The minimum Gasteiger partial charge on any atom is -0.381 e. The molecule has 0 unspecified atom stereocenters. The fourth-order valence-corrected chi connectivity index (χ4v) is 3.49. The van der Waals surface area contributed by atoms with E-state index in [2.05, 4.69) is 31.2 Å². The van der Waals surface area contributed by atoms with Crippen molar-refractivity contribution in [1.29, 1.82) is 0 Å². The summed E-state index contributed by atoms with van der Waals surface area (Å²) in [5, 5.41) is 0. The van der Waals surface area contributed by atoms with Crippen LogP contribution in [0.2, 0.25) is 0 Å². The highest BCUT2D eigenvalue weighted by Crippen LogP contribution is 2.37. The molecular formula is C17H25ClN2O2. The number of carbonyl (C=O) groups excluding carboxylic acids is 1. The predicted octanol–water partition coefficient (Wildman–Crippen LogP) is 2.02. The molecule has 2 N–H and O–H groups in total. The molecule has 1 aromatic rings. The Kier molecular flexibility index (Phi) is 5.48. The van der Waals surface area contributed by atoms with Gasteiger partial charge in [-0.15, -0.1) is 12.4 Å². The van der Waals surface area contributed by atoms with Gasteiger partial charge in [0, 0.05) is 32.3 Å². The fourth-order valence-electron chi connectivity index (χ4n) is 3.49. The normalized spacial score (nSPS) is 23.9. The number of rotatable bonds is 2. The highest BCUT2D eigenvalue weighted by Gasteiger charge is 2.45. The van der Waals surface area contributed by atoms with Crippen LogP contribution in [0.1, 0.15) is 30.4 Å². The third kappa shape index (κ3) is 3.14. The van der Waals surface area contributed by atoms with Gasteiger partial charge in [0.15, 0.2) is 0 Å². The Balaban J connectivity index is 0.00000176. The SMILES string of the molecule is Cc1ccc(C2(C(=O)N3CC[C@@H](N)C3)CCOCC2)cc1.Cl. The lowest BCUT2D eigenvalue weighted by atomic mass is 9.73. The average Bonchev–Trinajstić information content (AvgIpc) is 2.94. The summed E-state index contributed by atoms with van der Waals surface area (Å²) in [6, 6.07) is 8.53. The Labute approximate surface area is 138 Å². The highest BCUT2D eigenvalue weighted by molar-refractivity contribution is 5.88. The molecule has 122 valence electrons. The third-order valence-electron chi connectivity index (χ3n) is 4.87. The van der Waals surface area contributed by atoms with E-state index >= 15 is 0 Å². The van der Waals surface area contributed by atoms with E-state index in [4.69, 9.17) is 10.5 Å². The molecule has 2 aliphatic rings. The van der Waals surface area contributed by atoms with Gasteiger partial charge in [0.2, 0.25) is 5.91 Å². The molecule has 1 aromatic carbocycles. The van der Waals surface area contributed by atoms with E-state index in [1.165, 1.54) is 5.56 Å². The number of likely N-dealkylation sites (tertiary alicyclic amines) is 1. The molecule has 3 rings (SSSR count). The molecule has 0 aliphatic carbocycles. The van der Waals surface area contributed by atoms with Crippen molar-refractivity contribution in [1.82, 2.24) is 4.90 Å². The zero-order valence-electron chi connectivity index (χ0n) is 13.1. The number of aryl methyl sites for hydroxylation is 1. The van der Waals surface area contributed by atoms with Gasteiger partial charge in [0.1, 0.15) is 0 Å². The van der Waals surface area contributed by atoms with Crippen LogP contribution in [0.25, 0.3) is 0 Å². The van der Waals surface area contributed by atoms with Crippen LogP contribution in [-0.2, 0) is 14.9 Å². The number of nitrogens with zero attached hydrogens (tertiary/aromatic N) is 1. The number of ether oxygens (including phenoxy) is 1. The number of hydrogen-bond donors (Lipinski definition) is 1. The molecule has 0 spiro atoms. The van der Waals surface area contributed by atoms with Crippen molar-refractivity contribution in [2.45, 2.75) is 37.6 Å². The molecule has 22 heavy (non-hydrogen) atoms. The maximum absolute atomic E-state index is 13.2. The summed E-state index contributed by atoms with van der Waals surface area (Å²) >= 11 is 0. The van der Waals surface area contributed by atoms with Crippen LogP contribution in [0.3, 0.4) is 0 Å². The number of carbonyl (C=O) groups is 1. The molecule has 1 amide bonds. The second-order valence-electron chi connectivity index (χ2n) is 6.36. The molecule has 2 saturated heterocycles. The molecule has 0 bridgehead atoms. The van der Waals surface area contributed by atoms with Gasteiger partial charge in [-0.1, -0.05) is 29.8 Å². The highest BCUT2D eigenvalue weighted by atomic mass is 35.5. The summed E-state index contributed by atoms with van der Waals surface area (Å²) in [7, 11) is 0. The molecule has 5 heteroatoms. The molecule has 2 heterocycles. The van der Waals surface area contributed by atoms with E-state index in [0.717, 1.165) is 31.4 Å². The lowest BCUT2D eigenvalue weighted by Crippen LogP contribution is -2.49. The summed E-state index contributed by atoms with van der Waals surface area (Å²) in [6.45, 7) is 4.85. The van der Waals surface area contributed by atoms with Gasteiger partial charge >= 0.3 is 0 Å². The standard InChI is InChI=1S/C17H24N2O2.ClH/c1-13-2-4-14(5-3-13)17(7-10-21-11-8-17)16(20)19-9-6-15(18)12-19;/h2-5,15H,6-12,18H2,1H3;1H/t15-;/m1./s1. The quantitative estimate of drug-likeness (QED) is 0.905. The number of nitrogens with two attached hydrogens (primary N) is 1. The molecule has 0 aromatic heterocycles. The van der Waals surface area contributed by atoms with Gasteiger partial charge in [-0.3, -0.25) is 4.79 Å². The van der Waals surface area contributed by atoms with E-state index in [9.17, 15) is 4.79 Å². The molecule has 2 fully saturated rings. The van der Waals surface area contributed by atoms with Crippen LogP contribution >= 0.6 is 12.4 Å². The summed E-state index contributed by atoms with van der Waals surface area (Å²) < 4.78 is 5.51. The van der Waals surface area contributed by atoms with Gasteiger partial charge in [0.25, 0.3) is 0 Å². The fraction of sp³-hybridized carbons (Fsp3) is 0.588. The van der Waals surface area contributed by atoms with Gasteiger partial charge in [-0.25, -0.2) is 0 Å². The van der Waals surface area contributed by atoms with Crippen molar-refractivity contribution in [2.24, 2.45) is 5.73 Å². The van der Waals surface area contributed by atoms with Crippen molar-refractivity contribution in [3.8, 4) is 0 Å². The first-order valence-corrected chi connectivity index (χ1v) is 7.82. The van der Waals surface area contributed by atoms with E-state index in [1.807, 2.05) is 4.90 Å². The summed E-state index contributed by atoms with van der Waals surface area (Å²) in [5.74, 6) is 0.239. The predicted molar refractivity (Wildman–Crippen MR) is 89.3 cm³/mol. The van der Waals surface area contributed by atoms with Gasteiger partial charge in [-0.05, 0) is 31.7 Å². The maximum Gasteiger partial charge on any atom is 0.233 e. The van der Waals surface area contributed by atoms with Gasteiger partial charge in [-0.2, -0.15) is 0 Å². The van der Waals surface area contributed by atoms with E-state index < -0.39 is 5.41 Å². The van der Waals surface area contributed by atoms with E-state index in [1.54, 1.807) is 0 Å². The first-order chi connectivity index (χ1) is 10.1.